The highest BCUT2D eigenvalue weighted by Gasteiger charge is 2.20. The molecule has 0 radical (unpaired) electrons. The van der Waals surface area contributed by atoms with E-state index in [1.54, 1.807) is 19.1 Å². The third-order valence-corrected chi connectivity index (χ3v) is 7.05. The average Bonchev–Trinajstić information content (AvgIpc) is 2.60. The molecule has 0 aliphatic carbocycles. The third kappa shape index (κ3) is 5.31. The van der Waals surface area contributed by atoms with Crippen molar-refractivity contribution in [3.63, 3.8) is 0 Å². The Hall–Kier alpha value is -2.43. The molecule has 0 saturated carbocycles. The SMILES string of the molecule is Cc1ccc(NCC(=O)Nc2ccc(S(C)(=O)=O)cc2)cc1S(=O)(=O)N(C)C. The van der Waals surface area contributed by atoms with E-state index in [0.29, 0.717) is 16.9 Å². The van der Waals surface area contributed by atoms with E-state index >= 15 is 0 Å². The number of carbonyl (C=O) groups excluding carboxylic acids is 1. The van der Waals surface area contributed by atoms with Gasteiger partial charge in [0.15, 0.2) is 9.84 Å². The lowest BCUT2D eigenvalue weighted by molar-refractivity contribution is -0.114. The number of benzene rings is 2. The smallest absolute Gasteiger partial charge is 0.243 e. The first-order valence-electron chi connectivity index (χ1n) is 8.28. The van der Waals surface area contributed by atoms with Crippen molar-refractivity contribution >= 4 is 37.1 Å². The Kier molecular flexibility index (Phi) is 6.48. The summed E-state index contributed by atoms with van der Waals surface area (Å²) in [5.74, 6) is -0.357. The van der Waals surface area contributed by atoms with Crippen molar-refractivity contribution in [2.45, 2.75) is 16.7 Å². The monoisotopic (exact) mass is 425 g/mol. The number of nitrogens with one attached hydrogen (secondary N) is 2. The fourth-order valence-electron chi connectivity index (χ4n) is 2.36. The molecular weight excluding hydrogens is 402 g/mol. The molecule has 0 saturated heterocycles. The molecular formula is C18H23N3O5S2. The maximum Gasteiger partial charge on any atom is 0.243 e. The molecule has 2 aromatic carbocycles. The van der Waals surface area contributed by atoms with Crippen LogP contribution in [-0.2, 0) is 24.7 Å². The van der Waals surface area contributed by atoms with Gasteiger partial charge in [-0.2, -0.15) is 0 Å². The molecule has 1 amide bonds. The van der Waals surface area contributed by atoms with E-state index in [1.165, 1.54) is 44.4 Å². The zero-order valence-corrected chi connectivity index (χ0v) is 17.7. The summed E-state index contributed by atoms with van der Waals surface area (Å²) in [5.41, 5.74) is 1.56. The third-order valence-electron chi connectivity index (χ3n) is 3.97. The van der Waals surface area contributed by atoms with Gasteiger partial charge in [0.1, 0.15) is 0 Å². The molecule has 0 aliphatic rings. The lowest BCUT2D eigenvalue weighted by Crippen LogP contribution is -2.24. The quantitative estimate of drug-likeness (QED) is 0.698. The number of sulfone groups is 1. The Morgan fingerprint density at radius 1 is 0.964 bits per heavy atom. The number of aryl methyl sites for hydroxylation is 1. The van der Waals surface area contributed by atoms with Gasteiger partial charge in [-0.25, -0.2) is 21.1 Å². The van der Waals surface area contributed by atoms with Crippen LogP contribution in [0.15, 0.2) is 52.3 Å². The van der Waals surface area contributed by atoms with Crippen LogP contribution in [0.1, 0.15) is 5.56 Å². The molecule has 28 heavy (non-hydrogen) atoms. The second kappa shape index (κ2) is 8.29. The predicted molar refractivity (Wildman–Crippen MR) is 109 cm³/mol. The first-order valence-corrected chi connectivity index (χ1v) is 11.6. The Balaban J connectivity index is 2.05. The van der Waals surface area contributed by atoms with Gasteiger partial charge in [-0.15, -0.1) is 0 Å². The largest absolute Gasteiger partial charge is 0.376 e. The van der Waals surface area contributed by atoms with Crippen LogP contribution in [0, 0.1) is 6.92 Å². The van der Waals surface area contributed by atoms with Crippen molar-refractivity contribution in [3.05, 3.63) is 48.0 Å². The highest BCUT2D eigenvalue weighted by molar-refractivity contribution is 7.90. The van der Waals surface area contributed by atoms with Crippen LogP contribution in [0.25, 0.3) is 0 Å². The molecule has 0 aliphatic heterocycles. The maximum absolute atomic E-state index is 12.4. The second-order valence-corrected chi connectivity index (χ2v) is 10.6. The average molecular weight is 426 g/mol. The minimum atomic E-state index is -3.59. The summed E-state index contributed by atoms with van der Waals surface area (Å²) in [6.07, 6.45) is 1.11. The summed E-state index contributed by atoms with van der Waals surface area (Å²) in [7, 11) is -3.98. The summed E-state index contributed by atoms with van der Waals surface area (Å²) >= 11 is 0. The highest BCUT2D eigenvalue weighted by Crippen LogP contribution is 2.22. The standard InChI is InChI=1S/C18H23N3O5S2/c1-13-5-6-15(11-17(13)28(25,26)21(2)3)19-12-18(22)20-14-7-9-16(10-8-14)27(4,23)24/h5-11,19H,12H2,1-4H3,(H,20,22). The molecule has 0 unspecified atom stereocenters. The highest BCUT2D eigenvalue weighted by atomic mass is 32.2. The van der Waals surface area contributed by atoms with Crippen LogP contribution < -0.4 is 10.6 Å². The molecule has 2 aromatic rings. The first-order chi connectivity index (χ1) is 12.9. The van der Waals surface area contributed by atoms with E-state index in [0.717, 1.165) is 10.6 Å². The zero-order chi connectivity index (χ0) is 21.1. The number of hydrogen-bond acceptors (Lipinski definition) is 6. The van der Waals surface area contributed by atoms with E-state index in [2.05, 4.69) is 10.6 Å². The van der Waals surface area contributed by atoms with Crippen LogP contribution in [0.5, 0.6) is 0 Å². The molecule has 0 aromatic heterocycles. The Labute approximate surface area is 165 Å². The van der Waals surface area contributed by atoms with Gasteiger partial charge in [0.05, 0.1) is 16.3 Å². The lowest BCUT2D eigenvalue weighted by Gasteiger charge is -2.15. The molecule has 0 atom stereocenters. The van der Waals surface area contributed by atoms with Crippen molar-refractivity contribution in [1.29, 1.82) is 0 Å². The van der Waals surface area contributed by atoms with Gasteiger partial charge in [-0.05, 0) is 48.9 Å². The molecule has 0 fully saturated rings. The number of nitrogens with zero attached hydrogens (tertiary/aromatic N) is 1. The number of anilines is 2. The fraction of sp³-hybridized carbons (Fsp3) is 0.278. The van der Waals surface area contributed by atoms with E-state index in [1.807, 2.05) is 0 Å². The van der Waals surface area contributed by atoms with Crippen LogP contribution in [-0.4, -0.2) is 53.9 Å². The minimum absolute atomic E-state index is 0.0850. The maximum atomic E-state index is 12.4. The summed E-state index contributed by atoms with van der Waals surface area (Å²) in [6.45, 7) is 1.62. The molecule has 0 spiro atoms. The van der Waals surface area contributed by atoms with E-state index in [4.69, 9.17) is 0 Å². The summed E-state index contributed by atoms with van der Waals surface area (Å²) in [5, 5.41) is 5.53. The van der Waals surface area contributed by atoms with Crippen LogP contribution >= 0.6 is 0 Å². The topological polar surface area (TPSA) is 113 Å². The van der Waals surface area contributed by atoms with Gasteiger partial charge < -0.3 is 10.6 Å². The minimum Gasteiger partial charge on any atom is -0.376 e. The number of rotatable bonds is 7. The lowest BCUT2D eigenvalue weighted by atomic mass is 10.2. The Bertz CT molecular complexity index is 1080. The number of sulfonamides is 1. The zero-order valence-electron chi connectivity index (χ0n) is 16.1. The molecule has 2 rings (SSSR count). The van der Waals surface area contributed by atoms with Crippen molar-refractivity contribution < 1.29 is 21.6 Å². The van der Waals surface area contributed by atoms with Gasteiger partial charge in [0, 0.05) is 31.7 Å². The van der Waals surface area contributed by atoms with Crippen LogP contribution in [0.3, 0.4) is 0 Å². The van der Waals surface area contributed by atoms with Gasteiger partial charge in [0.2, 0.25) is 15.9 Å². The van der Waals surface area contributed by atoms with E-state index in [9.17, 15) is 21.6 Å². The molecule has 0 bridgehead atoms. The normalized spacial score (nSPS) is 12.0. The second-order valence-electron chi connectivity index (χ2n) is 6.47. The number of amides is 1. The summed E-state index contributed by atoms with van der Waals surface area (Å²) in [4.78, 5) is 12.4. The van der Waals surface area contributed by atoms with Gasteiger partial charge >= 0.3 is 0 Å². The molecule has 152 valence electrons. The van der Waals surface area contributed by atoms with E-state index < -0.39 is 19.9 Å². The molecule has 0 heterocycles. The molecule has 2 N–H and O–H groups in total. The molecule has 10 heteroatoms. The van der Waals surface area contributed by atoms with Crippen molar-refractivity contribution in [2.24, 2.45) is 0 Å². The Morgan fingerprint density at radius 3 is 2.07 bits per heavy atom. The first kappa shape index (κ1) is 21.9. The van der Waals surface area contributed by atoms with Crippen molar-refractivity contribution in [2.75, 3.05) is 37.5 Å². The van der Waals surface area contributed by atoms with Gasteiger partial charge in [-0.1, -0.05) is 6.07 Å². The summed E-state index contributed by atoms with van der Waals surface area (Å²) < 4.78 is 48.7. The van der Waals surface area contributed by atoms with E-state index in [-0.39, 0.29) is 22.2 Å². The van der Waals surface area contributed by atoms with Gasteiger partial charge in [0.25, 0.3) is 0 Å². The van der Waals surface area contributed by atoms with Crippen molar-refractivity contribution in [3.8, 4) is 0 Å². The number of hydrogen-bond donors (Lipinski definition) is 2. The Morgan fingerprint density at radius 2 is 1.54 bits per heavy atom. The van der Waals surface area contributed by atoms with Crippen LogP contribution in [0.2, 0.25) is 0 Å². The summed E-state index contributed by atoms with van der Waals surface area (Å²) in [6, 6.07) is 10.7. The molecule has 8 nitrogen and oxygen atoms in total. The van der Waals surface area contributed by atoms with Crippen molar-refractivity contribution in [1.82, 2.24) is 4.31 Å². The fourth-order valence-corrected chi connectivity index (χ4v) is 4.13. The number of carbonyl (C=O) groups is 1. The predicted octanol–water partition coefficient (Wildman–Crippen LogP) is 1.70. The van der Waals surface area contributed by atoms with Crippen LogP contribution in [0.4, 0.5) is 11.4 Å². The van der Waals surface area contributed by atoms with Gasteiger partial charge in [-0.3, -0.25) is 4.79 Å².